The van der Waals surface area contributed by atoms with E-state index in [-0.39, 0.29) is 5.95 Å². The number of hydrogen-bond donors (Lipinski definition) is 1. The number of aromatic nitrogens is 4. The van der Waals surface area contributed by atoms with Gasteiger partial charge in [-0.25, -0.2) is 9.67 Å². The van der Waals surface area contributed by atoms with Crippen LogP contribution < -0.4 is 10.5 Å². The molecule has 3 rings (SSSR count). The highest BCUT2D eigenvalue weighted by Crippen LogP contribution is 2.32. The number of nitrogens with zero attached hydrogens (tertiary/aromatic N) is 4. The highest BCUT2D eigenvalue weighted by Gasteiger charge is 2.14. The van der Waals surface area contributed by atoms with E-state index in [0.717, 1.165) is 16.6 Å². The Morgan fingerprint density at radius 3 is 2.85 bits per heavy atom. The third-order valence-electron chi connectivity index (χ3n) is 3.02. The lowest BCUT2D eigenvalue weighted by molar-refractivity contribution is 0.415. The Hall–Kier alpha value is -2.34. The molecule has 3 aromatic rings. The van der Waals surface area contributed by atoms with E-state index in [1.165, 1.54) is 0 Å². The smallest absolute Gasteiger partial charge is 0.222 e. The highest BCUT2D eigenvalue weighted by atomic mass is 35.5. The van der Waals surface area contributed by atoms with E-state index in [1.807, 2.05) is 13.1 Å². The Balaban J connectivity index is 2.22. The SMILES string of the molecule is COc1ccc(-c2nn(C)c3nc(N)ncc23)cc1Cl. The summed E-state index contributed by atoms with van der Waals surface area (Å²) in [6, 6.07) is 5.50. The normalized spacial score (nSPS) is 10.9. The maximum atomic E-state index is 6.15. The lowest BCUT2D eigenvalue weighted by Crippen LogP contribution is -1.97. The van der Waals surface area contributed by atoms with E-state index in [0.29, 0.717) is 16.4 Å². The van der Waals surface area contributed by atoms with Crippen molar-refractivity contribution in [2.45, 2.75) is 0 Å². The highest BCUT2D eigenvalue weighted by molar-refractivity contribution is 6.32. The average Bonchev–Trinajstić information content (AvgIpc) is 2.76. The summed E-state index contributed by atoms with van der Waals surface area (Å²) in [4.78, 5) is 8.21. The van der Waals surface area contributed by atoms with Crippen LogP contribution >= 0.6 is 11.6 Å². The molecule has 0 aliphatic rings. The molecule has 0 spiro atoms. The second-order valence-electron chi connectivity index (χ2n) is 4.29. The Kier molecular flexibility index (Phi) is 2.94. The molecule has 0 unspecified atom stereocenters. The Morgan fingerprint density at radius 2 is 2.15 bits per heavy atom. The first-order valence-corrected chi connectivity index (χ1v) is 6.27. The lowest BCUT2D eigenvalue weighted by Gasteiger charge is -2.04. The number of halogens is 1. The monoisotopic (exact) mass is 289 g/mol. The maximum Gasteiger partial charge on any atom is 0.222 e. The molecule has 0 fully saturated rings. The van der Waals surface area contributed by atoms with Crippen molar-refractivity contribution in [3.63, 3.8) is 0 Å². The van der Waals surface area contributed by atoms with Gasteiger partial charge in [0.2, 0.25) is 5.95 Å². The summed E-state index contributed by atoms with van der Waals surface area (Å²) in [6.45, 7) is 0. The van der Waals surface area contributed by atoms with Gasteiger partial charge in [0, 0.05) is 18.8 Å². The van der Waals surface area contributed by atoms with E-state index >= 15 is 0 Å². The van der Waals surface area contributed by atoms with Gasteiger partial charge in [0.15, 0.2) is 5.65 Å². The van der Waals surface area contributed by atoms with Crippen molar-refractivity contribution >= 4 is 28.6 Å². The molecular formula is C13H12ClN5O. The average molecular weight is 290 g/mol. The maximum absolute atomic E-state index is 6.15. The molecule has 0 aliphatic carbocycles. The molecule has 0 radical (unpaired) electrons. The second kappa shape index (κ2) is 4.64. The van der Waals surface area contributed by atoms with E-state index in [4.69, 9.17) is 22.1 Å². The minimum atomic E-state index is 0.222. The summed E-state index contributed by atoms with van der Waals surface area (Å²) in [5, 5.41) is 5.81. The molecule has 1 aromatic carbocycles. The van der Waals surface area contributed by atoms with Crippen molar-refractivity contribution in [2.75, 3.05) is 12.8 Å². The fraction of sp³-hybridized carbons (Fsp3) is 0.154. The summed E-state index contributed by atoms with van der Waals surface area (Å²) in [7, 11) is 3.39. The molecule has 6 nitrogen and oxygen atoms in total. The molecule has 0 bridgehead atoms. The zero-order valence-corrected chi connectivity index (χ0v) is 11.7. The van der Waals surface area contributed by atoms with Gasteiger partial charge in [-0.1, -0.05) is 11.6 Å². The molecule has 0 atom stereocenters. The number of aryl methyl sites for hydroxylation is 1. The van der Waals surface area contributed by atoms with Crippen molar-refractivity contribution in [1.29, 1.82) is 0 Å². The number of ether oxygens (including phenoxy) is 1. The minimum Gasteiger partial charge on any atom is -0.495 e. The first-order chi connectivity index (χ1) is 9.60. The van der Waals surface area contributed by atoms with Crippen molar-refractivity contribution in [3.05, 3.63) is 29.4 Å². The fourth-order valence-corrected chi connectivity index (χ4v) is 2.34. The lowest BCUT2D eigenvalue weighted by atomic mass is 10.1. The zero-order chi connectivity index (χ0) is 14.3. The van der Waals surface area contributed by atoms with Crippen molar-refractivity contribution in [3.8, 4) is 17.0 Å². The third kappa shape index (κ3) is 1.94. The van der Waals surface area contributed by atoms with Crippen LogP contribution in [-0.2, 0) is 7.05 Å². The summed E-state index contributed by atoms with van der Waals surface area (Å²) >= 11 is 6.15. The topological polar surface area (TPSA) is 78.8 Å². The van der Waals surface area contributed by atoms with Gasteiger partial charge >= 0.3 is 0 Å². The van der Waals surface area contributed by atoms with Gasteiger partial charge in [0.05, 0.1) is 17.5 Å². The molecule has 102 valence electrons. The Bertz CT molecular complexity index is 799. The van der Waals surface area contributed by atoms with Crippen LogP contribution in [0.2, 0.25) is 5.02 Å². The molecule has 2 heterocycles. The summed E-state index contributed by atoms with van der Waals surface area (Å²) in [6.07, 6.45) is 1.66. The van der Waals surface area contributed by atoms with Crippen LogP contribution in [0.15, 0.2) is 24.4 Å². The van der Waals surface area contributed by atoms with E-state index < -0.39 is 0 Å². The largest absolute Gasteiger partial charge is 0.495 e. The predicted octanol–water partition coefficient (Wildman–Crippen LogP) is 2.27. The number of fused-ring (bicyclic) bond motifs is 1. The number of nitrogens with two attached hydrogens (primary N) is 1. The summed E-state index contributed by atoms with van der Waals surface area (Å²) in [5.74, 6) is 0.843. The van der Waals surface area contributed by atoms with Crippen LogP contribution in [0.5, 0.6) is 5.75 Å². The van der Waals surface area contributed by atoms with Crippen LogP contribution in [0.3, 0.4) is 0 Å². The molecule has 0 amide bonds. The van der Waals surface area contributed by atoms with E-state index in [9.17, 15) is 0 Å². The van der Waals surface area contributed by atoms with Crippen molar-refractivity contribution < 1.29 is 4.74 Å². The summed E-state index contributed by atoms with van der Waals surface area (Å²) < 4.78 is 6.81. The molecular weight excluding hydrogens is 278 g/mol. The van der Waals surface area contributed by atoms with Gasteiger partial charge in [0.25, 0.3) is 0 Å². The minimum absolute atomic E-state index is 0.222. The molecule has 7 heteroatoms. The molecule has 2 aromatic heterocycles. The van der Waals surface area contributed by atoms with Crippen LogP contribution in [0.25, 0.3) is 22.3 Å². The van der Waals surface area contributed by atoms with Crippen LogP contribution in [-0.4, -0.2) is 26.9 Å². The van der Waals surface area contributed by atoms with Crippen molar-refractivity contribution in [1.82, 2.24) is 19.7 Å². The van der Waals surface area contributed by atoms with Gasteiger partial charge < -0.3 is 10.5 Å². The number of rotatable bonds is 2. The molecule has 20 heavy (non-hydrogen) atoms. The quantitative estimate of drug-likeness (QED) is 0.783. The second-order valence-corrected chi connectivity index (χ2v) is 4.69. The first kappa shape index (κ1) is 12.7. The molecule has 0 aliphatic heterocycles. The summed E-state index contributed by atoms with van der Waals surface area (Å²) in [5.41, 5.74) is 7.91. The molecule has 0 saturated carbocycles. The zero-order valence-electron chi connectivity index (χ0n) is 11.0. The Labute approximate surface area is 120 Å². The molecule has 2 N–H and O–H groups in total. The van der Waals surface area contributed by atoms with Gasteiger partial charge in [-0.3, -0.25) is 0 Å². The van der Waals surface area contributed by atoms with Gasteiger partial charge in [-0.2, -0.15) is 10.1 Å². The predicted molar refractivity (Wildman–Crippen MR) is 77.7 cm³/mol. The third-order valence-corrected chi connectivity index (χ3v) is 3.32. The van der Waals surface area contributed by atoms with Crippen LogP contribution in [0, 0.1) is 0 Å². The fourth-order valence-electron chi connectivity index (χ4n) is 2.08. The van der Waals surface area contributed by atoms with Gasteiger partial charge in [0.1, 0.15) is 11.4 Å². The van der Waals surface area contributed by atoms with E-state index in [2.05, 4.69) is 15.1 Å². The number of hydrogen-bond acceptors (Lipinski definition) is 5. The van der Waals surface area contributed by atoms with Crippen LogP contribution in [0.4, 0.5) is 5.95 Å². The number of benzene rings is 1. The van der Waals surface area contributed by atoms with Gasteiger partial charge in [-0.15, -0.1) is 0 Å². The molecule has 0 saturated heterocycles. The number of nitrogen functional groups attached to an aromatic ring is 1. The van der Waals surface area contributed by atoms with E-state index in [1.54, 1.807) is 30.1 Å². The standard InChI is InChI=1S/C13H12ClN5O/c1-19-12-8(6-16-13(15)17-12)11(18-19)7-3-4-10(20-2)9(14)5-7/h3-6H,1-2H3,(H2,15,16,17). The number of anilines is 1. The van der Waals surface area contributed by atoms with Crippen molar-refractivity contribution in [2.24, 2.45) is 7.05 Å². The number of methoxy groups -OCH3 is 1. The van der Waals surface area contributed by atoms with Gasteiger partial charge in [-0.05, 0) is 18.2 Å². The van der Waals surface area contributed by atoms with Crippen LogP contribution in [0.1, 0.15) is 0 Å². The first-order valence-electron chi connectivity index (χ1n) is 5.89. The Morgan fingerprint density at radius 1 is 1.35 bits per heavy atom.